The van der Waals surface area contributed by atoms with Gasteiger partial charge in [-0.25, -0.2) is 4.98 Å². The van der Waals surface area contributed by atoms with Gasteiger partial charge in [-0.05, 0) is 35.9 Å². The lowest BCUT2D eigenvalue weighted by molar-refractivity contribution is -0.304. The van der Waals surface area contributed by atoms with Crippen molar-refractivity contribution in [1.82, 2.24) is 4.98 Å². The zero-order chi connectivity index (χ0) is 17.8. The van der Waals surface area contributed by atoms with E-state index >= 15 is 0 Å². The van der Waals surface area contributed by atoms with Gasteiger partial charge in [-0.3, -0.25) is 0 Å². The summed E-state index contributed by atoms with van der Waals surface area (Å²) in [5.74, 6) is -0.546. The molecule has 0 unspecified atom stereocenters. The normalized spacial score (nSPS) is 10.6. The number of rotatable bonds is 6. The Morgan fingerprint density at radius 1 is 1.12 bits per heavy atom. The van der Waals surface area contributed by atoms with E-state index in [1.807, 2.05) is 12.1 Å². The maximum atomic E-state index is 10.7. The van der Waals surface area contributed by atoms with E-state index in [1.165, 1.54) is 11.3 Å². The van der Waals surface area contributed by atoms with Crippen molar-refractivity contribution in [3.63, 3.8) is 0 Å². The van der Waals surface area contributed by atoms with E-state index < -0.39 is 5.97 Å². The zero-order valence-electron chi connectivity index (χ0n) is 12.9. The molecule has 0 N–H and O–H groups in total. The number of aromatic nitrogens is 1. The van der Waals surface area contributed by atoms with Gasteiger partial charge in [0.15, 0.2) is 0 Å². The first kappa shape index (κ1) is 17.7. The summed E-state index contributed by atoms with van der Waals surface area (Å²) in [4.78, 5) is 15.0. The van der Waals surface area contributed by atoms with Crippen molar-refractivity contribution in [2.24, 2.45) is 0 Å². The fourth-order valence-corrected chi connectivity index (χ4v) is 3.33. The zero-order valence-corrected chi connectivity index (χ0v) is 15.2. The molecule has 7 heteroatoms. The Morgan fingerprint density at radius 2 is 1.84 bits per heavy atom. The van der Waals surface area contributed by atoms with Crippen LogP contribution in [0.2, 0.25) is 10.0 Å². The summed E-state index contributed by atoms with van der Waals surface area (Å²) in [5.41, 5.74) is 2.14. The summed E-state index contributed by atoms with van der Waals surface area (Å²) in [6.45, 7) is 0.364. The van der Waals surface area contributed by atoms with Crippen LogP contribution in [0.1, 0.15) is 11.3 Å². The van der Waals surface area contributed by atoms with E-state index in [4.69, 9.17) is 27.9 Å². The topological polar surface area (TPSA) is 62.2 Å². The summed E-state index contributed by atoms with van der Waals surface area (Å²) in [7, 11) is 0. The molecule has 0 aliphatic heterocycles. The van der Waals surface area contributed by atoms with Crippen LogP contribution in [0.15, 0.2) is 47.8 Å². The van der Waals surface area contributed by atoms with Gasteiger partial charge < -0.3 is 14.6 Å². The van der Waals surface area contributed by atoms with Crippen LogP contribution in [0.25, 0.3) is 10.6 Å². The molecule has 0 fully saturated rings. The Kier molecular flexibility index (Phi) is 5.58. The maximum Gasteiger partial charge on any atom is 0.130 e. The molecule has 0 aliphatic rings. The number of halogens is 2. The molecule has 3 aromatic rings. The van der Waals surface area contributed by atoms with Crippen molar-refractivity contribution in [2.75, 3.05) is 0 Å². The predicted molar refractivity (Wildman–Crippen MR) is 97.1 cm³/mol. The number of aliphatic carboxylic acids is 1. The Hall–Kier alpha value is -2.08. The lowest BCUT2D eigenvalue weighted by Gasteiger charge is -2.11. The highest BCUT2D eigenvalue weighted by Gasteiger charge is 2.12. The summed E-state index contributed by atoms with van der Waals surface area (Å²) >= 11 is 13.3. The fourth-order valence-electron chi connectivity index (χ4n) is 2.20. The van der Waals surface area contributed by atoms with Crippen molar-refractivity contribution < 1.29 is 14.6 Å². The van der Waals surface area contributed by atoms with Crippen LogP contribution in [-0.4, -0.2) is 11.0 Å². The van der Waals surface area contributed by atoms with Crippen molar-refractivity contribution in [1.29, 1.82) is 0 Å². The first-order chi connectivity index (χ1) is 12.0. The Bertz CT molecular complexity index is 894. The second kappa shape index (κ2) is 7.87. The number of ether oxygens (including phenoxy) is 1. The molecule has 1 heterocycles. The van der Waals surface area contributed by atoms with Gasteiger partial charge in [0.2, 0.25) is 0 Å². The monoisotopic (exact) mass is 392 g/mol. The van der Waals surface area contributed by atoms with Crippen LogP contribution in [0.5, 0.6) is 5.75 Å². The van der Waals surface area contributed by atoms with Crippen molar-refractivity contribution >= 4 is 40.5 Å². The molecule has 0 aliphatic carbocycles. The number of hydrogen-bond donors (Lipinski definition) is 0. The van der Waals surface area contributed by atoms with E-state index in [2.05, 4.69) is 4.98 Å². The molecular formula is C18H12Cl2NO3S-. The third-order valence-electron chi connectivity index (χ3n) is 3.36. The average molecular weight is 393 g/mol. The van der Waals surface area contributed by atoms with Gasteiger partial charge in [0.25, 0.3) is 0 Å². The van der Waals surface area contributed by atoms with Crippen LogP contribution >= 0.6 is 34.5 Å². The quantitative estimate of drug-likeness (QED) is 0.636. The maximum absolute atomic E-state index is 10.7. The van der Waals surface area contributed by atoms with Gasteiger partial charge in [0.05, 0.1) is 11.3 Å². The average Bonchev–Trinajstić information content (AvgIpc) is 3.02. The third-order valence-corrected chi connectivity index (χ3v) is 4.77. The van der Waals surface area contributed by atoms with Gasteiger partial charge in [-0.2, -0.15) is 0 Å². The van der Waals surface area contributed by atoms with Gasteiger partial charge >= 0.3 is 0 Å². The number of carbonyl (C=O) groups is 1. The van der Waals surface area contributed by atoms with E-state index in [9.17, 15) is 9.90 Å². The molecular weight excluding hydrogens is 381 g/mol. The highest BCUT2D eigenvalue weighted by molar-refractivity contribution is 7.13. The molecule has 2 aromatic carbocycles. The number of benzene rings is 2. The number of carboxylic acid groups (broad SMARTS) is 1. The second-order valence-corrected chi connectivity index (χ2v) is 6.98. The molecule has 4 nitrogen and oxygen atoms in total. The molecule has 0 saturated heterocycles. The molecule has 0 atom stereocenters. The number of thiazole rings is 1. The Labute approximate surface area is 158 Å². The number of carboxylic acids is 1. The van der Waals surface area contributed by atoms with Gasteiger partial charge in [-0.1, -0.05) is 35.3 Å². The van der Waals surface area contributed by atoms with Crippen LogP contribution in [0.4, 0.5) is 0 Å². The standard InChI is InChI=1S/C18H13Cl2NO3S/c19-12-3-1-11(2-4-12)9-24-16-6-5-13(20)7-15(16)18-21-14(10-25-18)8-17(22)23/h1-7,10H,8-9H2,(H,22,23)/p-1. The SMILES string of the molecule is O=C([O-])Cc1csc(-c2cc(Cl)ccc2OCc2ccc(Cl)cc2)n1. The summed E-state index contributed by atoms with van der Waals surface area (Å²) in [5, 5.41) is 14.3. The minimum Gasteiger partial charge on any atom is -0.550 e. The van der Waals surface area contributed by atoms with Crippen LogP contribution < -0.4 is 9.84 Å². The van der Waals surface area contributed by atoms with E-state index in [-0.39, 0.29) is 6.42 Å². The minimum atomic E-state index is -1.16. The summed E-state index contributed by atoms with van der Waals surface area (Å²) in [6.07, 6.45) is -0.224. The van der Waals surface area contributed by atoms with Gasteiger partial charge in [0, 0.05) is 27.8 Å². The Morgan fingerprint density at radius 3 is 2.56 bits per heavy atom. The lowest BCUT2D eigenvalue weighted by Crippen LogP contribution is -2.24. The summed E-state index contributed by atoms with van der Waals surface area (Å²) < 4.78 is 5.90. The van der Waals surface area contributed by atoms with Crippen molar-refractivity contribution in [3.05, 3.63) is 69.1 Å². The van der Waals surface area contributed by atoms with Crippen LogP contribution in [0, 0.1) is 0 Å². The van der Waals surface area contributed by atoms with Gasteiger partial charge in [-0.15, -0.1) is 11.3 Å². The molecule has 25 heavy (non-hydrogen) atoms. The molecule has 3 rings (SSSR count). The van der Waals surface area contributed by atoms with E-state index in [0.29, 0.717) is 33.1 Å². The fraction of sp³-hybridized carbons (Fsp3) is 0.111. The van der Waals surface area contributed by atoms with Crippen molar-refractivity contribution in [3.8, 4) is 16.3 Å². The number of carbonyl (C=O) groups excluding carboxylic acids is 1. The van der Waals surface area contributed by atoms with Crippen LogP contribution in [0.3, 0.4) is 0 Å². The molecule has 1 aromatic heterocycles. The molecule has 128 valence electrons. The first-order valence-corrected chi connectivity index (χ1v) is 8.96. The number of hydrogen-bond acceptors (Lipinski definition) is 5. The van der Waals surface area contributed by atoms with Gasteiger partial charge in [0.1, 0.15) is 17.4 Å². The smallest absolute Gasteiger partial charge is 0.130 e. The highest BCUT2D eigenvalue weighted by atomic mass is 35.5. The van der Waals surface area contributed by atoms with Crippen LogP contribution in [-0.2, 0) is 17.8 Å². The molecule has 0 spiro atoms. The highest BCUT2D eigenvalue weighted by Crippen LogP contribution is 2.35. The molecule has 0 radical (unpaired) electrons. The first-order valence-electron chi connectivity index (χ1n) is 7.32. The van der Waals surface area contributed by atoms with Crippen molar-refractivity contribution in [2.45, 2.75) is 13.0 Å². The largest absolute Gasteiger partial charge is 0.550 e. The third kappa shape index (κ3) is 4.72. The summed E-state index contributed by atoms with van der Waals surface area (Å²) in [6, 6.07) is 12.6. The molecule has 0 saturated carbocycles. The number of nitrogens with zero attached hydrogens (tertiary/aromatic N) is 1. The van der Waals surface area contributed by atoms with E-state index in [0.717, 1.165) is 11.1 Å². The molecule has 0 bridgehead atoms. The predicted octanol–water partition coefficient (Wildman–Crippen LogP) is 3.99. The lowest BCUT2D eigenvalue weighted by atomic mass is 10.2. The van der Waals surface area contributed by atoms with E-state index in [1.54, 1.807) is 35.7 Å². The molecule has 0 amide bonds. The Balaban J connectivity index is 1.83. The second-order valence-electron chi connectivity index (χ2n) is 5.25. The minimum absolute atomic E-state index is 0.224.